The summed E-state index contributed by atoms with van der Waals surface area (Å²) in [5.41, 5.74) is 20.7. The average Bonchev–Trinajstić information content (AvgIpc) is 2.35. The van der Waals surface area contributed by atoms with Crippen molar-refractivity contribution in [1.29, 1.82) is 5.41 Å². The topological polar surface area (TPSA) is 102 Å². The van der Waals surface area contributed by atoms with Gasteiger partial charge in [-0.1, -0.05) is 36.4 Å². The summed E-state index contributed by atoms with van der Waals surface area (Å²) in [6.07, 6.45) is 0.681. The van der Waals surface area contributed by atoms with E-state index in [4.69, 9.17) is 22.6 Å². The number of hydrogen-bond acceptors (Lipinski definition) is 3. The van der Waals surface area contributed by atoms with E-state index in [1.807, 2.05) is 36.4 Å². The van der Waals surface area contributed by atoms with Crippen molar-refractivity contribution in [3.63, 3.8) is 0 Å². The normalized spacial score (nSPS) is 10.2. The molecule has 0 bridgehead atoms. The molecule has 0 aliphatic rings. The van der Waals surface area contributed by atoms with Crippen LogP contribution in [0.2, 0.25) is 0 Å². The van der Waals surface area contributed by atoms with E-state index < -0.39 is 0 Å². The zero-order chi connectivity index (χ0) is 13.1. The number of nitrogens with two attached hydrogens (primary N) is 3. The standard InChI is InChI=1S/C14H16N4/c15-11-7-6-10(12(13(11)16)14(17)18)8-9-4-2-1-3-5-9/h1-7H,8,15-16H2,(H3,17,18). The zero-order valence-electron chi connectivity index (χ0n) is 9.98. The maximum atomic E-state index is 7.62. The van der Waals surface area contributed by atoms with Gasteiger partial charge in [-0.05, 0) is 23.6 Å². The van der Waals surface area contributed by atoms with Gasteiger partial charge in [-0.3, -0.25) is 5.41 Å². The number of rotatable bonds is 3. The van der Waals surface area contributed by atoms with Crippen LogP contribution < -0.4 is 17.2 Å². The number of benzene rings is 2. The van der Waals surface area contributed by atoms with E-state index in [2.05, 4.69) is 0 Å². The van der Waals surface area contributed by atoms with E-state index in [0.717, 1.165) is 11.1 Å². The summed E-state index contributed by atoms with van der Waals surface area (Å²) in [4.78, 5) is 0. The van der Waals surface area contributed by atoms with E-state index in [-0.39, 0.29) is 5.84 Å². The molecule has 0 radical (unpaired) electrons. The Kier molecular flexibility index (Phi) is 3.19. The minimum Gasteiger partial charge on any atom is -0.397 e. The lowest BCUT2D eigenvalue weighted by Crippen LogP contribution is -2.17. The number of nitrogen functional groups attached to an aromatic ring is 3. The first-order chi connectivity index (χ1) is 8.59. The van der Waals surface area contributed by atoms with Gasteiger partial charge in [-0.2, -0.15) is 0 Å². The van der Waals surface area contributed by atoms with Gasteiger partial charge < -0.3 is 17.2 Å². The molecule has 7 N–H and O–H groups in total. The van der Waals surface area contributed by atoms with Crippen molar-refractivity contribution < 1.29 is 0 Å². The third kappa shape index (κ3) is 2.27. The molecule has 0 heterocycles. The molecule has 0 aliphatic heterocycles. The predicted octanol–water partition coefficient (Wildman–Crippen LogP) is 1.73. The van der Waals surface area contributed by atoms with Gasteiger partial charge >= 0.3 is 0 Å². The zero-order valence-corrected chi connectivity index (χ0v) is 9.98. The second-order valence-electron chi connectivity index (χ2n) is 4.18. The van der Waals surface area contributed by atoms with Crippen LogP contribution in [-0.2, 0) is 6.42 Å². The highest BCUT2D eigenvalue weighted by Crippen LogP contribution is 2.25. The monoisotopic (exact) mass is 240 g/mol. The molecule has 4 heteroatoms. The van der Waals surface area contributed by atoms with Crippen LogP contribution >= 0.6 is 0 Å². The van der Waals surface area contributed by atoms with Gasteiger partial charge in [0, 0.05) is 5.56 Å². The summed E-state index contributed by atoms with van der Waals surface area (Å²) in [5, 5.41) is 7.62. The number of nitrogens with one attached hydrogen (secondary N) is 1. The molecule has 4 nitrogen and oxygen atoms in total. The van der Waals surface area contributed by atoms with E-state index >= 15 is 0 Å². The molecule has 0 aliphatic carbocycles. The Labute approximate surface area is 106 Å². The van der Waals surface area contributed by atoms with Gasteiger partial charge in [0.1, 0.15) is 5.84 Å². The average molecular weight is 240 g/mol. The van der Waals surface area contributed by atoms with Gasteiger partial charge in [0.25, 0.3) is 0 Å². The molecule has 0 atom stereocenters. The van der Waals surface area contributed by atoms with E-state index in [0.29, 0.717) is 23.4 Å². The van der Waals surface area contributed by atoms with Crippen molar-refractivity contribution in [3.05, 3.63) is 59.2 Å². The van der Waals surface area contributed by atoms with Crippen LogP contribution in [0.3, 0.4) is 0 Å². The summed E-state index contributed by atoms with van der Waals surface area (Å²) < 4.78 is 0. The van der Waals surface area contributed by atoms with Crippen LogP contribution in [0.1, 0.15) is 16.7 Å². The number of anilines is 2. The first-order valence-corrected chi connectivity index (χ1v) is 5.64. The number of hydrogen-bond donors (Lipinski definition) is 4. The fourth-order valence-electron chi connectivity index (χ4n) is 1.96. The van der Waals surface area contributed by atoms with Crippen LogP contribution in [0.5, 0.6) is 0 Å². The van der Waals surface area contributed by atoms with Crippen LogP contribution in [0.25, 0.3) is 0 Å². The van der Waals surface area contributed by atoms with Crippen molar-refractivity contribution in [2.45, 2.75) is 6.42 Å². The summed E-state index contributed by atoms with van der Waals surface area (Å²) in [5.74, 6) is -0.0502. The Hall–Kier alpha value is -2.49. The highest BCUT2D eigenvalue weighted by molar-refractivity contribution is 6.03. The molecule has 2 rings (SSSR count). The molecule has 0 fully saturated rings. The second-order valence-corrected chi connectivity index (χ2v) is 4.18. The summed E-state index contributed by atoms with van der Waals surface area (Å²) in [7, 11) is 0. The van der Waals surface area contributed by atoms with Gasteiger partial charge in [0.05, 0.1) is 11.4 Å². The summed E-state index contributed by atoms with van der Waals surface area (Å²) in [6, 6.07) is 13.6. The van der Waals surface area contributed by atoms with E-state index in [1.54, 1.807) is 6.07 Å². The molecule has 2 aromatic rings. The minimum atomic E-state index is -0.0502. The molecule has 2 aromatic carbocycles. The summed E-state index contributed by atoms with van der Waals surface area (Å²) in [6.45, 7) is 0. The quantitative estimate of drug-likeness (QED) is 0.373. The van der Waals surface area contributed by atoms with Crippen LogP contribution in [-0.4, -0.2) is 5.84 Å². The fourth-order valence-corrected chi connectivity index (χ4v) is 1.96. The molecular formula is C14H16N4. The predicted molar refractivity (Wildman–Crippen MR) is 75.5 cm³/mol. The summed E-state index contributed by atoms with van der Waals surface area (Å²) >= 11 is 0. The molecule has 0 unspecified atom stereocenters. The third-order valence-electron chi connectivity index (χ3n) is 2.87. The smallest absolute Gasteiger partial charge is 0.125 e. The Morgan fingerprint density at radius 1 is 1.00 bits per heavy atom. The molecule has 0 amide bonds. The van der Waals surface area contributed by atoms with Crippen molar-refractivity contribution in [3.8, 4) is 0 Å². The first kappa shape index (κ1) is 12.0. The SMILES string of the molecule is N=C(N)c1c(Cc2ccccc2)ccc(N)c1N. The maximum Gasteiger partial charge on any atom is 0.125 e. The molecule has 0 aromatic heterocycles. The van der Waals surface area contributed by atoms with E-state index in [1.165, 1.54) is 0 Å². The lowest BCUT2D eigenvalue weighted by molar-refractivity contribution is 1.18. The number of amidine groups is 1. The second kappa shape index (κ2) is 4.79. The molecule has 18 heavy (non-hydrogen) atoms. The molecular weight excluding hydrogens is 224 g/mol. The van der Waals surface area contributed by atoms with Crippen molar-refractivity contribution in [2.75, 3.05) is 11.5 Å². The Bertz CT molecular complexity index is 576. The highest BCUT2D eigenvalue weighted by Gasteiger charge is 2.12. The van der Waals surface area contributed by atoms with Crippen LogP contribution in [0.4, 0.5) is 11.4 Å². The van der Waals surface area contributed by atoms with Crippen LogP contribution in [0.15, 0.2) is 42.5 Å². The molecule has 0 spiro atoms. The van der Waals surface area contributed by atoms with Crippen LogP contribution in [0, 0.1) is 5.41 Å². The first-order valence-electron chi connectivity index (χ1n) is 5.64. The molecule has 0 saturated carbocycles. The van der Waals surface area contributed by atoms with Crippen molar-refractivity contribution >= 4 is 17.2 Å². The van der Waals surface area contributed by atoms with Gasteiger partial charge in [-0.25, -0.2) is 0 Å². The Balaban J connectivity index is 2.45. The Morgan fingerprint density at radius 3 is 2.28 bits per heavy atom. The third-order valence-corrected chi connectivity index (χ3v) is 2.87. The highest BCUT2D eigenvalue weighted by atomic mass is 14.7. The van der Waals surface area contributed by atoms with Crippen molar-refractivity contribution in [2.24, 2.45) is 5.73 Å². The fraction of sp³-hybridized carbons (Fsp3) is 0.0714. The van der Waals surface area contributed by atoms with Gasteiger partial charge in [0.2, 0.25) is 0 Å². The maximum absolute atomic E-state index is 7.62. The minimum absolute atomic E-state index is 0.0502. The molecule has 0 saturated heterocycles. The largest absolute Gasteiger partial charge is 0.397 e. The lowest BCUT2D eigenvalue weighted by atomic mass is 9.97. The Morgan fingerprint density at radius 2 is 1.67 bits per heavy atom. The van der Waals surface area contributed by atoms with E-state index in [9.17, 15) is 0 Å². The van der Waals surface area contributed by atoms with Crippen molar-refractivity contribution in [1.82, 2.24) is 0 Å². The van der Waals surface area contributed by atoms with Gasteiger partial charge in [0.15, 0.2) is 0 Å². The van der Waals surface area contributed by atoms with Gasteiger partial charge in [-0.15, -0.1) is 0 Å². The molecule has 92 valence electrons. The lowest BCUT2D eigenvalue weighted by Gasteiger charge is -2.13.